The Hall–Kier alpha value is -4.00. The number of imide groups is 1. The van der Waals surface area contributed by atoms with Crippen LogP contribution in [0.15, 0.2) is 35.5 Å². The smallest absolute Gasteiger partial charge is 0.279 e. The fourth-order valence-corrected chi connectivity index (χ4v) is 4.60. The highest BCUT2D eigenvalue weighted by Gasteiger charge is 2.39. The van der Waals surface area contributed by atoms with Crippen molar-refractivity contribution in [2.75, 3.05) is 11.6 Å². The van der Waals surface area contributed by atoms with Crippen LogP contribution in [0.5, 0.6) is 0 Å². The van der Waals surface area contributed by atoms with Crippen molar-refractivity contribution in [1.29, 1.82) is 0 Å². The first-order valence-electron chi connectivity index (χ1n) is 10.4. The molecule has 1 atom stereocenters. The number of thioether (sulfide) groups is 1. The van der Waals surface area contributed by atoms with Crippen molar-refractivity contribution < 1.29 is 19.2 Å². The molecule has 0 radical (unpaired) electrons. The lowest BCUT2D eigenvalue weighted by Gasteiger charge is -2.29. The van der Waals surface area contributed by atoms with Crippen molar-refractivity contribution >= 4 is 41.2 Å². The maximum absolute atomic E-state index is 13.0. The van der Waals surface area contributed by atoms with Crippen molar-refractivity contribution in [2.24, 2.45) is 7.05 Å². The molecule has 5 rings (SSSR count). The summed E-state index contributed by atoms with van der Waals surface area (Å²) in [5.74, 6) is -1.09. The number of nitrogens with one attached hydrogen (secondary N) is 2. The fourth-order valence-electron chi connectivity index (χ4n) is 4.05. The highest BCUT2D eigenvalue weighted by atomic mass is 32.2. The minimum atomic E-state index is -0.680. The second kappa shape index (κ2) is 8.41. The van der Waals surface area contributed by atoms with Crippen LogP contribution in [0.25, 0.3) is 5.69 Å². The average Bonchev–Trinajstić information content (AvgIpc) is 3.51. The molecule has 0 spiro atoms. The lowest BCUT2D eigenvalue weighted by Crippen LogP contribution is -2.52. The van der Waals surface area contributed by atoms with Gasteiger partial charge >= 0.3 is 0 Å². The summed E-state index contributed by atoms with van der Waals surface area (Å²) in [6.07, 6.45) is 5.65. The van der Waals surface area contributed by atoms with Gasteiger partial charge in [0, 0.05) is 31.8 Å². The third kappa shape index (κ3) is 3.83. The number of nitrogens with zero attached hydrogens (tertiary/aromatic N) is 6. The summed E-state index contributed by atoms with van der Waals surface area (Å²) in [7, 11) is 1.77. The lowest BCUT2D eigenvalue weighted by molar-refractivity contribution is -0.136. The predicted molar refractivity (Wildman–Crippen MR) is 120 cm³/mol. The maximum atomic E-state index is 13.0. The first-order valence-corrected chi connectivity index (χ1v) is 11.7. The summed E-state index contributed by atoms with van der Waals surface area (Å²) >= 11 is 1.46. The van der Waals surface area contributed by atoms with E-state index >= 15 is 0 Å². The van der Waals surface area contributed by atoms with Crippen molar-refractivity contribution in [1.82, 2.24) is 35.0 Å². The number of anilines is 1. The number of hydrogen-bond donors (Lipinski definition) is 2. The Balaban J connectivity index is 1.34. The Labute approximate surface area is 197 Å². The second-order valence-corrected chi connectivity index (χ2v) is 8.81. The Morgan fingerprint density at radius 2 is 2.06 bits per heavy atom. The van der Waals surface area contributed by atoms with Crippen molar-refractivity contribution in [2.45, 2.75) is 30.3 Å². The highest BCUT2D eigenvalue weighted by molar-refractivity contribution is 7.98. The SMILES string of the molecule is CSc1cn(C)nc1NC(=O)c1cn(-c2ccc3c(c2)C(=O)N(C2CCC(=O)NC2=O)C3)nn1. The summed E-state index contributed by atoms with van der Waals surface area (Å²) in [6, 6.07) is 4.53. The molecule has 0 bridgehead atoms. The van der Waals surface area contributed by atoms with Crippen LogP contribution < -0.4 is 10.6 Å². The number of aryl methyl sites for hydroxylation is 1. The first kappa shape index (κ1) is 21.8. The monoisotopic (exact) mass is 480 g/mol. The van der Waals surface area contributed by atoms with Gasteiger partial charge in [0.1, 0.15) is 6.04 Å². The quantitative estimate of drug-likeness (QED) is 0.402. The van der Waals surface area contributed by atoms with Crippen LogP contribution in [0.2, 0.25) is 0 Å². The third-order valence-corrected chi connectivity index (χ3v) is 6.49. The summed E-state index contributed by atoms with van der Waals surface area (Å²) in [4.78, 5) is 51.6. The normalized spacial score (nSPS) is 17.6. The minimum Gasteiger partial charge on any atom is -0.322 e. The number of amides is 4. The molecule has 1 fully saturated rings. The van der Waals surface area contributed by atoms with Gasteiger partial charge in [-0.05, 0) is 30.4 Å². The number of hydrogen-bond acceptors (Lipinski definition) is 8. The van der Waals surface area contributed by atoms with E-state index in [4.69, 9.17) is 0 Å². The summed E-state index contributed by atoms with van der Waals surface area (Å²) in [6.45, 7) is 0.285. The van der Waals surface area contributed by atoms with Gasteiger partial charge in [-0.2, -0.15) is 5.10 Å². The van der Waals surface area contributed by atoms with E-state index < -0.39 is 17.9 Å². The zero-order chi connectivity index (χ0) is 24.0. The Morgan fingerprint density at radius 1 is 1.24 bits per heavy atom. The Morgan fingerprint density at radius 3 is 2.82 bits per heavy atom. The molecular weight excluding hydrogens is 460 g/mol. The van der Waals surface area contributed by atoms with Crippen molar-refractivity contribution in [3.05, 3.63) is 47.4 Å². The zero-order valence-electron chi connectivity index (χ0n) is 18.3. The van der Waals surface area contributed by atoms with Crippen molar-refractivity contribution in [3.63, 3.8) is 0 Å². The topological polar surface area (TPSA) is 144 Å². The molecule has 1 saturated heterocycles. The standard InChI is InChI=1S/C21H20N8O4S/c1-27-10-16(34-2)18(25-27)23-19(31)14-9-29(26-24-14)12-4-3-11-8-28(21(33)13(11)7-12)15-5-6-17(30)22-20(15)32/h3-4,7,9-10,15H,5-6,8H2,1-2H3,(H,22,30,32)(H,23,25,31). The number of fused-ring (bicyclic) bond motifs is 1. The molecule has 2 N–H and O–H groups in total. The number of aromatic nitrogens is 5. The molecule has 4 heterocycles. The van der Waals surface area contributed by atoms with E-state index in [1.165, 1.54) is 27.5 Å². The van der Waals surface area contributed by atoms with Crippen LogP contribution in [0.4, 0.5) is 5.82 Å². The molecule has 0 aliphatic carbocycles. The van der Waals surface area contributed by atoms with Gasteiger partial charge in [-0.1, -0.05) is 11.3 Å². The molecule has 2 aromatic heterocycles. The molecule has 13 heteroatoms. The van der Waals surface area contributed by atoms with E-state index in [1.54, 1.807) is 36.1 Å². The maximum Gasteiger partial charge on any atom is 0.279 e. The molecule has 3 aromatic rings. The van der Waals surface area contributed by atoms with Crippen molar-refractivity contribution in [3.8, 4) is 5.69 Å². The molecule has 2 aliphatic rings. The predicted octanol–water partition coefficient (Wildman–Crippen LogP) is 0.736. The van der Waals surface area contributed by atoms with E-state index in [-0.39, 0.29) is 30.5 Å². The number of rotatable bonds is 5. The van der Waals surface area contributed by atoms with Gasteiger partial charge in [0.05, 0.1) is 16.8 Å². The minimum absolute atomic E-state index is 0.0923. The highest BCUT2D eigenvalue weighted by Crippen LogP contribution is 2.29. The van der Waals surface area contributed by atoms with Crippen LogP contribution in [0, 0.1) is 0 Å². The van der Waals surface area contributed by atoms with Gasteiger partial charge in [0.25, 0.3) is 11.8 Å². The van der Waals surface area contributed by atoms with Gasteiger partial charge in [0.15, 0.2) is 11.5 Å². The van der Waals surface area contributed by atoms with Crippen LogP contribution in [0.1, 0.15) is 39.3 Å². The number of carbonyl (C=O) groups is 4. The van der Waals surface area contributed by atoms with Gasteiger partial charge < -0.3 is 10.2 Å². The summed E-state index contributed by atoms with van der Waals surface area (Å²) < 4.78 is 3.02. The van der Waals surface area contributed by atoms with Crippen LogP contribution in [-0.2, 0) is 23.2 Å². The molecule has 0 saturated carbocycles. The Kier molecular flexibility index (Phi) is 5.40. The Bertz CT molecular complexity index is 1350. The van der Waals surface area contributed by atoms with Crippen LogP contribution in [-0.4, -0.2) is 65.6 Å². The van der Waals surface area contributed by atoms with E-state index in [2.05, 4.69) is 26.0 Å². The summed E-state index contributed by atoms with van der Waals surface area (Å²) in [5, 5.41) is 17.2. The molecule has 34 heavy (non-hydrogen) atoms. The fraction of sp³-hybridized carbons (Fsp3) is 0.286. The molecule has 2 aliphatic heterocycles. The van der Waals surface area contributed by atoms with Crippen LogP contribution in [0.3, 0.4) is 0 Å². The molecular formula is C21H20N8O4S. The van der Waals surface area contributed by atoms with E-state index in [1.807, 2.05) is 6.26 Å². The van der Waals surface area contributed by atoms with E-state index in [0.717, 1.165) is 10.5 Å². The molecule has 4 amide bonds. The number of benzene rings is 1. The molecule has 174 valence electrons. The average molecular weight is 481 g/mol. The molecule has 1 unspecified atom stereocenters. The summed E-state index contributed by atoms with van der Waals surface area (Å²) in [5.41, 5.74) is 1.86. The van der Waals surface area contributed by atoms with Gasteiger partial charge in [-0.25, -0.2) is 4.68 Å². The van der Waals surface area contributed by atoms with Gasteiger partial charge in [-0.15, -0.1) is 16.9 Å². The van der Waals surface area contributed by atoms with E-state index in [0.29, 0.717) is 23.5 Å². The van der Waals surface area contributed by atoms with E-state index in [9.17, 15) is 19.2 Å². The molecule has 12 nitrogen and oxygen atoms in total. The lowest BCUT2D eigenvalue weighted by atomic mass is 10.0. The zero-order valence-corrected chi connectivity index (χ0v) is 19.1. The number of piperidine rings is 1. The number of carbonyl (C=O) groups excluding carboxylic acids is 4. The van der Waals surface area contributed by atoms with Gasteiger partial charge in [-0.3, -0.25) is 29.2 Å². The third-order valence-electron chi connectivity index (χ3n) is 5.75. The van der Waals surface area contributed by atoms with Gasteiger partial charge in [0.2, 0.25) is 11.8 Å². The van der Waals surface area contributed by atoms with Crippen LogP contribution >= 0.6 is 11.8 Å². The first-order chi connectivity index (χ1) is 16.3. The second-order valence-electron chi connectivity index (χ2n) is 7.96. The largest absolute Gasteiger partial charge is 0.322 e. The molecule has 1 aromatic carbocycles.